The Morgan fingerprint density at radius 1 is 0.943 bits per heavy atom. The highest BCUT2D eigenvalue weighted by atomic mass is 32.2. The first-order chi connectivity index (χ1) is 15.9. The van der Waals surface area contributed by atoms with Gasteiger partial charge in [0, 0.05) is 18.7 Å². The van der Waals surface area contributed by atoms with Gasteiger partial charge in [0.15, 0.2) is 11.5 Å². The molecule has 0 saturated carbocycles. The number of carbonyl (C=O) groups is 1. The average Bonchev–Trinajstić information content (AvgIpc) is 2.70. The fourth-order valence-electron chi connectivity index (χ4n) is 3.19. The number of hydrogen-bond donors (Lipinski definition) is 0. The molecular formula is C22H23F6NO5S. The second-order valence-electron chi connectivity index (χ2n) is 8.15. The lowest BCUT2D eigenvalue weighted by atomic mass is 10.0. The fraction of sp³-hybridized carbons (Fsp3) is 0.409. The van der Waals surface area contributed by atoms with E-state index in [1.165, 1.54) is 25.3 Å². The van der Waals surface area contributed by atoms with Gasteiger partial charge >= 0.3 is 22.5 Å². The Labute approximate surface area is 198 Å². The molecule has 2 aromatic carbocycles. The smallest absolute Gasteiger partial charge is 0.416 e. The maximum atomic E-state index is 13.2. The molecule has 194 valence electrons. The molecule has 0 aromatic heterocycles. The lowest BCUT2D eigenvalue weighted by molar-refractivity contribution is -0.143. The van der Waals surface area contributed by atoms with Crippen LogP contribution in [0.2, 0.25) is 0 Å². The van der Waals surface area contributed by atoms with Gasteiger partial charge in [-0.1, -0.05) is 19.9 Å². The van der Waals surface area contributed by atoms with E-state index in [9.17, 15) is 39.6 Å². The largest absolute Gasteiger partial charge is 0.493 e. The van der Waals surface area contributed by atoms with E-state index in [2.05, 4.69) is 0 Å². The molecule has 0 heterocycles. The molecule has 0 radical (unpaired) electrons. The standard InChI is InChI=1S/C22H23F6NO5S/c1-13(2)11-29(12-14-5-6-18(33-3)19(7-14)34-35(4,31)32)20(30)15-8-16(21(23,24)25)10-17(9-15)22(26,27)28/h5-10,13H,11-12H2,1-4H3. The van der Waals surface area contributed by atoms with E-state index < -0.39 is 45.1 Å². The van der Waals surface area contributed by atoms with Crippen LogP contribution in [0.25, 0.3) is 0 Å². The van der Waals surface area contributed by atoms with Crippen LogP contribution in [-0.4, -0.2) is 39.1 Å². The van der Waals surface area contributed by atoms with Crippen molar-refractivity contribution in [1.82, 2.24) is 4.90 Å². The van der Waals surface area contributed by atoms with Crippen molar-refractivity contribution < 1.29 is 48.5 Å². The number of amides is 1. The lowest BCUT2D eigenvalue weighted by Crippen LogP contribution is -2.34. The summed E-state index contributed by atoms with van der Waals surface area (Å²) in [6.07, 6.45) is -9.40. The summed E-state index contributed by atoms with van der Waals surface area (Å²) in [6, 6.07) is 4.77. The van der Waals surface area contributed by atoms with E-state index in [-0.39, 0.29) is 36.6 Å². The number of methoxy groups -OCH3 is 1. The van der Waals surface area contributed by atoms with Gasteiger partial charge in [-0.25, -0.2) is 0 Å². The number of carbonyl (C=O) groups excluding carboxylic acids is 1. The molecule has 0 unspecified atom stereocenters. The van der Waals surface area contributed by atoms with Gasteiger partial charge in [0.2, 0.25) is 0 Å². The molecule has 0 aliphatic rings. The lowest BCUT2D eigenvalue weighted by Gasteiger charge is -2.26. The first-order valence-corrected chi connectivity index (χ1v) is 11.9. The zero-order valence-electron chi connectivity index (χ0n) is 19.1. The number of nitrogens with zero attached hydrogens (tertiary/aromatic N) is 1. The maximum absolute atomic E-state index is 13.2. The van der Waals surface area contributed by atoms with Crippen molar-refractivity contribution in [3.05, 3.63) is 58.7 Å². The van der Waals surface area contributed by atoms with Crippen molar-refractivity contribution >= 4 is 16.0 Å². The molecule has 13 heteroatoms. The highest BCUT2D eigenvalue weighted by Gasteiger charge is 2.38. The van der Waals surface area contributed by atoms with Gasteiger partial charge < -0.3 is 13.8 Å². The number of benzene rings is 2. The quantitative estimate of drug-likeness (QED) is 0.341. The van der Waals surface area contributed by atoms with Gasteiger partial charge in [-0.15, -0.1) is 0 Å². The van der Waals surface area contributed by atoms with Crippen molar-refractivity contribution in [1.29, 1.82) is 0 Å². The summed E-state index contributed by atoms with van der Waals surface area (Å²) in [5, 5.41) is 0. The molecule has 0 saturated heterocycles. The Balaban J connectivity index is 2.53. The van der Waals surface area contributed by atoms with Gasteiger partial charge in [0.05, 0.1) is 24.5 Å². The third kappa shape index (κ3) is 8.05. The summed E-state index contributed by atoms with van der Waals surface area (Å²) in [5.74, 6) is -1.38. The Bertz CT molecular complexity index is 1140. The summed E-state index contributed by atoms with van der Waals surface area (Å²) in [6.45, 7) is 3.16. The number of halogens is 6. The third-order valence-corrected chi connectivity index (χ3v) is 5.03. The van der Waals surface area contributed by atoms with E-state index in [0.717, 1.165) is 11.2 Å². The zero-order valence-corrected chi connectivity index (χ0v) is 19.9. The maximum Gasteiger partial charge on any atom is 0.416 e. The van der Waals surface area contributed by atoms with Crippen LogP contribution in [0.4, 0.5) is 26.3 Å². The molecule has 6 nitrogen and oxygen atoms in total. The Kier molecular flexibility index (Phi) is 8.36. The number of hydrogen-bond acceptors (Lipinski definition) is 5. The van der Waals surface area contributed by atoms with Gasteiger partial charge in [-0.2, -0.15) is 34.8 Å². The molecule has 0 N–H and O–H groups in total. The van der Waals surface area contributed by atoms with Crippen molar-refractivity contribution in [2.75, 3.05) is 19.9 Å². The molecule has 0 aliphatic carbocycles. The minimum absolute atomic E-state index is 0.00920. The SMILES string of the molecule is COc1ccc(CN(CC(C)C)C(=O)c2cc(C(F)(F)F)cc(C(F)(F)F)c2)cc1OS(C)(=O)=O. The van der Waals surface area contributed by atoms with Crippen molar-refractivity contribution in [2.24, 2.45) is 5.92 Å². The summed E-state index contributed by atoms with van der Waals surface area (Å²) >= 11 is 0. The highest BCUT2D eigenvalue weighted by Crippen LogP contribution is 2.37. The molecule has 35 heavy (non-hydrogen) atoms. The normalized spacial score (nSPS) is 12.5. The van der Waals surface area contributed by atoms with Crippen molar-refractivity contribution in [3.63, 3.8) is 0 Å². The summed E-state index contributed by atoms with van der Waals surface area (Å²) in [5.41, 5.74) is -3.68. The number of rotatable bonds is 8. The predicted octanol–water partition coefficient (Wildman–Crippen LogP) is 5.37. The summed E-state index contributed by atoms with van der Waals surface area (Å²) in [4.78, 5) is 14.2. The minimum atomic E-state index is -5.10. The molecule has 0 atom stereocenters. The number of alkyl halides is 6. The van der Waals surface area contributed by atoms with E-state index >= 15 is 0 Å². The minimum Gasteiger partial charge on any atom is -0.493 e. The zero-order chi connectivity index (χ0) is 26.8. The van der Waals surface area contributed by atoms with Crippen LogP contribution in [0.15, 0.2) is 36.4 Å². The first kappa shape index (κ1) is 28.3. The van der Waals surface area contributed by atoms with Gasteiger partial charge in [0.1, 0.15) is 0 Å². The van der Waals surface area contributed by atoms with Crippen LogP contribution >= 0.6 is 0 Å². The van der Waals surface area contributed by atoms with Crippen molar-refractivity contribution in [3.8, 4) is 11.5 Å². The van der Waals surface area contributed by atoms with Crippen LogP contribution in [0.3, 0.4) is 0 Å². The van der Waals surface area contributed by atoms with Crippen LogP contribution < -0.4 is 8.92 Å². The van der Waals surface area contributed by atoms with Crippen LogP contribution in [0.1, 0.15) is 40.9 Å². The number of ether oxygens (including phenoxy) is 1. The Morgan fingerprint density at radius 2 is 1.49 bits per heavy atom. The molecule has 0 aliphatic heterocycles. The predicted molar refractivity (Wildman–Crippen MR) is 114 cm³/mol. The van der Waals surface area contributed by atoms with E-state index in [1.54, 1.807) is 13.8 Å². The molecule has 1 amide bonds. The van der Waals surface area contributed by atoms with Gasteiger partial charge in [-0.05, 0) is 41.8 Å². The van der Waals surface area contributed by atoms with Crippen LogP contribution in [-0.2, 0) is 29.0 Å². The average molecular weight is 527 g/mol. The molecule has 0 bridgehead atoms. The topological polar surface area (TPSA) is 72.9 Å². The Hall–Kier alpha value is -2.96. The monoisotopic (exact) mass is 527 g/mol. The highest BCUT2D eigenvalue weighted by molar-refractivity contribution is 7.86. The van der Waals surface area contributed by atoms with Crippen LogP contribution in [0.5, 0.6) is 11.5 Å². The van der Waals surface area contributed by atoms with E-state index in [4.69, 9.17) is 8.92 Å². The summed E-state index contributed by atoms with van der Waals surface area (Å²) in [7, 11) is -2.68. The van der Waals surface area contributed by atoms with Crippen molar-refractivity contribution in [2.45, 2.75) is 32.7 Å². The van der Waals surface area contributed by atoms with E-state index in [1.807, 2.05) is 0 Å². The summed E-state index contributed by atoms with van der Waals surface area (Å²) < 4.78 is 112. The second-order valence-corrected chi connectivity index (χ2v) is 9.72. The van der Waals surface area contributed by atoms with Crippen LogP contribution in [0, 0.1) is 5.92 Å². The third-order valence-electron chi connectivity index (χ3n) is 4.55. The molecular weight excluding hydrogens is 504 g/mol. The van der Waals surface area contributed by atoms with E-state index in [0.29, 0.717) is 17.7 Å². The second kappa shape index (κ2) is 10.3. The van der Waals surface area contributed by atoms with Gasteiger partial charge in [0.25, 0.3) is 5.91 Å². The first-order valence-electron chi connectivity index (χ1n) is 10.1. The fourth-order valence-corrected chi connectivity index (χ4v) is 3.65. The van der Waals surface area contributed by atoms with Gasteiger partial charge in [-0.3, -0.25) is 4.79 Å². The molecule has 0 spiro atoms. The molecule has 2 rings (SSSR count). The molecule has 2 aromatic rings. The Morgan fingerprint density at radius 3 is 1.91 bits per heavy atom. The molecule has 0 fully saturated rings.